The van der Waals surface area contributed by atoms with E-state index in [1.807, 2.05) is 13.8 Å². The van der Waals surface area contributed by atoms with Gasteiger partial charge in [-0.15, -0.1) is 11.3 Å². The minimum absolute atomic E-state index is 0.210. The van der Waals surface area contributed by atoms with Crippen LogP contribution in [-0.2, 0) is 20.8 Å². The highest BCUT2D eigenvalue weighted by atomic mass is 32.1. The Morgan fingerprint density at radius 1 is 1.42 bits per heavy atom. The van der Waals surface area contributed by atoms with Gasteiger partial charge in [-0.3, -0.25) is 14.4 Å². The number of imide groups is 1. The van der Waals surface area contributed by atoms with Crippen LogP contribution in [0.5, 0.6) is 0 Å². The van der Waals surface area contributed by atoms with E-state index in [1.54, 1.807) is 5.38 Å². The molecule has 1 N–H and O–H groups in total. The fourth-order valence-electron chi connectivity index (χ4n) is 2.03. The van der Waals surface area contributed by atoms with Crippen LogP contribution in [0, 0.1) is 5.41 Å². The van der Waals surface area contributed by atoms with Crippen molar-refractivity contribution in [3.05, 3.63) is 11.1 Å². The molecule has 2 rings (SSSR count). The standard InChI is InChI=1S/C12H14N2O4S/c1-12(2)4-8(15)14(9(16)5-12)11-13-7(6-19-11)3-10(17)18/h6H,3-5H2,1-2H3,(H,17,18). The normalized spacial score (nSPS) is 18.7. The molecule has 0 aliphatic carbocycles. The van der Waals surface area contributed by atoms with Gasteiger partial charge in [-0.25, -0.2) is 9.88 Å². The number of hydrogen-bond donors (Lipinski definition) is 1. The fourth-order valence-corrected chi connectivity index (χ4v) is 2.88. The number of aromatic nitrogens is 1. The van der Waals surface area contributed by atoms with Crippen molar-refractivity contribution in [2.24, 2.45) is 5.41 Å². The van der Waals surface area contributed by atoms with Crippen LogP contribution in [0.4, 0.5) is 5.13 Å². The molecule has 1 aliphatic rings. The van der Waals surface area contributed by atoms with Crippen molar-refractivity contribution in [2.75, 3.05) is 4.90 Å². The highest BCUT2D eigenvalue weighted by Crippen LogP contribution is 2.35. The molecule has 6 nitrogen and oxygen atoms in total. The molecule has 1 saturated heterocycles. The Morgan fingerprint density at radius 3 is 2.53 bits per heavy atom. The van der Waals surface area contributed by atoms with Gasteiger partial charge in [0.1, 0.15) is 0 Å². The van der Waals surface area contributed by atoms with Crippen molar-refractivity contribution in [1.29, 1.82) is 0 Å². The summed E-state index contributed by atoms with van der Waals surface area (Å²) in [5, 5.41) is 10.5. The zero-order chi connectivity index (χ0) is 14.2. The van der Waals surface area contributed by atoms with Gasteiger partial charge < -0.3 is 5.11 Å². The maximum Gasteiger partial charge on any atom is 0.309 e. The summed E-state index contributed by atoms with van der Waals surface area (Å²) < 4.78 is 0. The second-order valence-electron chi connectivity index (χ2n) is 5.33. The second-order valence-corrected chi connectivity index (χ2v) is 6.17. The fraction of sp³-hybridized carbons (Fsp3) is 0.500. The predicted octanol–water partition coefficient (Wildman–Crippen LogP) is 1.45. The first kappa shape index (κ1) is 13.7. The Hall–Kier alpha value is -1.76. The number of carboxylic acid groups (broad SMARTS) is 1. The number of nitrogens with zero attached hydrogens (tertiary/aromatic N) is 2. The van der Waals surface area contributed by atoms with Crippen molar-refractivity contribution in [1.82, 2.24) is 4.98 Å². The van der Waals surface area contributed by atoms with Crippen LogP contribution in [-0.4, -0.2) is 27.9 Å². The summed E-state index contributed by atoms with van der Waals surface area (Å²) >= 11 is 1.12. The molecule has 0 spiro atoms. The smallest absolute Gasteiger partial charge is 0.309 e. The first-order valence-corrected chi connectivity index (χ1v) is 6.68. The quantitative estimate of drug-likeness (QED) is 0.848. The lowest BCUT2D eigenvalue weighted by Crippen LogP contribution is -2.46. The van der Waals surface area contributed by atoms with E-state index in [4.69, 9.17) is 5.11 Å². The number of carbonyl (C=O) groups excluding carboxylic acids is 2. The van der Waals surface area contributed by atoms with Crippen LogP contribution in [0.15, 0.2) is 5.38 Å². The average molecular weight is 282 g/mol. The topological polar surface area (TPSA) is 87.6 Å². The molecule has 0 aromatic carbocycles. The molecule has 1 aliphatic heterocycles. The number of carbonyl (C=O) groups is 3. The zero-order valence-electron chi connectivity index (χ0n) is 10.7. The Labute approximate surface area is 114 Å². The summed E-state index contributed by atoms with van der Waals surface area (Å²) in [7, 11) is 0. The third-order valence-corrected chi connectivity index (χ3v) is 3.70. The molecule has 0 saturated carbocycles. The van der Waals surface area contributed by atoms with Gasteiger partial charge in [0.05, 0.1) is 12.1 Å². The SMILES string of the molecule is CC1(C)CC(=O)N(c2nc(CC(=O)O)cs2)C(=O)C1. The van der Waals surface area contributed by atoms with E-state index in [2.05, 4.69) is 4.98 Å². The van der Waals surface area contributed by atoms with Gasteiger partial charge in [-0.1, -0.05) is 13.8 Å². The Kier molecular flexibility index (Phi) is 3.40. The van der Waals surface area contributed by atoms with Gasteiger partial charge in [0.2, 0.25) is 11.8 Å². The van der Waals surface area contributed by atoms with E-state index in [0.717, 1.165) is 16.2 Å². The molecule has 2 heterocycles. The monoisotopic (exact) mass is 282 g/mol. The second kappa shape index (κ2) is 4.73. The van der Waals surface area contributed by atoms with E-state index in [-0.39, 0.29) is 41.6 Å². The molecule has 1 aromatic heterocycles. The van der Waals surface area contributed by atoms with Gasteiger partial charge in [0, 0.05) is 18.2 Å². The molecular formula is C12H14N2O4S. The van der Waals surface area contributed by atoms with Crippen LogP contribution >= 0.6 is 11.3 Å². The Balaban J connectivity index is 2.22. The summed E-state index contributed by atoms with van der Waals surface area (Å²) in [6, 6.07) is 0. The number of carboxylic acids is 1. The van der Waals surface area contributed by atoms with Gasteiger partial charge in [-0.05, 0) is 5.41 Å². The maximum absolute atomic E-state index is 12.0. The molecule has 102 valence electrons. The molecule has 7 heteroatoms. The van der Waals surface area contributed by atoms with E-state index >= 15 is 0 Å². The molecule has 0 radical (unpaired) electrons. The molecule has 0 bridgehead atoms. The van der Waals surface area contributed by atoms with Crippen molar-refractivity contribution >= 4 is 34.3 Å². The number of thiazole rings is 1. The number of anilines is 1. The third kappa shape index (κ3) is 2.98. The van der Waals surface area contributed by atoms with Crippen LogP contribution in [0.2, 0.25) is 0 Å². The van der Waals surface area contributed by atoms with Crippen molar-refractivity contribution < 1.29 is 19.5 Å². The van der Waals surface area contributed by atoms with Crippen LogP contribution in [0.3, 0.4) is 0 Å². The Morgan fingerprint density at radius 2 is 2.00 bits per heavy atom. The number of piperidine rings is 1. The largest absolute Gasteiger partial charge is 0.481 e. The molecule has 1 aromatic rings. The summed E-state index contributed by atoms with van der Waals surface area (Å²) in [4.78, 5) is 39.7. The molecule has 2 amide bonds. The summed E-state index contributed by atoms with van der Waals surface area (Å²) in [6.07, 6.45) is 0.359. The first-order chi connectivity index (χ1) is 8.78. The number of hydrogen-bond acceptors (Lipinski definition) is 5. The number of amides is 2. The van der Waals surface area contributed by atoms with Gasteiger partial charge in [-0.2, -0.15) is 0 Å². The third-order valence-electron chi connectivity index (χ3n) is 2.82. The van der Waals surface area contributed by atoms with Gasteiger partial charge >= 0.3 is 5.97 Å². The lowest BCUT2D eigenvalue weighted by molar-refractivity contribution is -0.136. The highest BCUT2D eigenvalue weighted by molar-refractivity contribution is 7.14. The lowest BCUT2D eigenvalue weighted by Gasteiger charge is -2.33. The number of rotatable bonds is 3. The molecule has 1 fully saturated rings. The van der Waals surface area contributed by atoms with Crippen molar-refractivity contribution in [2.45, 2.75) is 33.1 Å². The molecule has 0 atom stereocenters. The molecule has 19 heavy (non-hydrogen) atoms. The number of aliphatic carboxylic acids is 1. The van der Waals surface area contributed by atoms with Crippen molar-refractivity contribution in [3.63, 3.8) is 0 Å². The van der Waals surface area contributed by atoms with Crippen LogP contribution in [0.1, 0.15) is 32.4 Å². The summed E-state index contributed by atoms with van der Waals surface area (Å²) in [5.41, 5.74) is 0.0316. The zero-order valence-corrected chi connectivity index (χ0v) is 11.5. The highest BCUT2D eigenvalue weighted by Gasteiger charge is 2.39. The van der Waals surface area contributed by atoms with Crippen LogP contribution < -0.4 is 4.90 Å². The molecular weight excluding hydrogens is 268 g/mol. The van der Waals surface area contributed by atoms with E-state index in [9.17, 15) is 14.4 Å². The Bertz CT molecular complexity index is 530. The van der Waals surface area contributed by atoms with Crippen molar-refractivity contribution in [3.8, 4) is 0 Å². The minimum atomic E-state index is -0.991. The van der Waals surface area contributed by atoms with E-state index < -0.39 is 5.97 Å². The lowest BCUT2D eigenvalue weighted by atomic mass is 9.82. The van der Waals surface area contributed by atoms with Gasteiger partial charge in [0.25, 0.3) is 0 Å². The van der Waals surface area contributed by atoms with Gasteiger partial charge in [0.15, 0.2) is 5.13 Å². The summed E-state index contributed by atoms with van der Waals surface area (Å²) in [5.74, 6) is -1.55. The maximum atomic E-state index is 12.0. The average Bonchev–Trinajstić information content (AvgIpc) is 2.61. The van der Waals surface area contributed by atoms with E-state index in [0.29, 0.717) is 5.69 Å². The molecule has 0 unspecified atom stereocenters. The van der Waals surface area contributed by atoms with E-state index in [1.165, 1.54) is 0 Å². The summed E-state index contributed by atoms with van der Waals surface area (Å²) in [6.45, 7) is 3.75. The predicted molar refractivity (Wildman–Crippen MR) is 69.0 cm³/mol. The van der Waals surface area contributed by atoms with Crippen LogP contribution in [0.25, 0.3) is 0 Å². The first-order valence-electron chi connectivity index (χ1n) is 5.80. The minimum Gasteiger partial charge on any atom is -0.481 e.